The van der Waals surface area contributed by atoms with Gasteiger partial charge in [0.1, 0.15) is 5.82 Å². The van der Waals surface area contributed by atoms with E-state index in [1.165, 1.54) is 12.1 Å². The largest absolute Gasteiger partial charge is 0.311 e. The highest BCUT2D eigenvalue weighted by atomic mass is 19.1. The van der Waals surface area contributed by atoms with Crippen molar-refractivity contribution in [2.75, 3.05) is 18.0 Å². The van der Waals surface area contributed by atoms with Crippen molar-refractivity contribution in [3.8, 4) is 0 Å². The molecule has 18 heavy (non-hydrogen) atoms. The van der Waals surface area contributed by atoms with Crippen molar-refractivity contribution in [2.45, 2.75) is 32.7 Å². The standard InChI is InChI=1S/C14H19FN2O/c1-3-16-12-5-4-8-17(14(12)18)13-7-6-11(15)9-10(13)2/h6-7,9,12,16H,3-5,8H2,1-2H3. The normalized spacial score (nSPS) is 20.3. The number of hydrogen-bond acceptors (Lipinski definition) is 2. The lowest BCUT2D eigenvalue weighted by atomic mass is 10.0. The summed E-state index contributed by atoms with van der Waals surface area (Å²) in [7, 11) is 0. The van der Waals surface area contributed by atoms with Crippen LogP contribution in [0.1, 0.15) is 25.3 Å². The number of carbonyl (C=O) groups is 1. The average molecular weight is 250 g/mol. The van der Waals surface area contributed by atoms with Crippen molar-refractivity contribution in [1.29, 1.82) is 0 Å². The first-order valence-electron chi connectivity index (χ1n) is 6.44. The molecule has 0 radical (unpaired) electrons. The van der Waals surface area contributed by atoms with Crippen LogP contribution in [0.4, 0.5) is 10.1 Å². The van der Waals surface area contributed by atoms with Crippen LogP contribution in [0.3, 0.4) is 0 Å². The molecule has 1 unspecified atom stereocenters. The molecule has 0 aliphatic carbocycles. The number of aryl methyl sites for hydroxylation is 1. The zero-order valence-corrected chi connectivity index (χ0v) is 10.9. The first kappa shape index (κ1) is 13.0. The number of anilines is 1. The highest BCUT2D eigenvalue weighted by Gasteiger charge is 2.29. The number of likely N-dealkylation sites (N-methyl/N-ethyl adjacent to an activating group) is 1. The Morgan fingerprint density at radius 1 is 1.50 bits per heavy atom. The van der Waals surface area contributed by atoms with E-state index >= 15 is 0 Å². The van der Waals surface area contributed by atoms with E-state index in [-0.39, 0.29) is 17.8 Å². The molecule has 1 amide bonds. The highest BCUT2D eigenvalue weighted by Crippen LogP contribution is 2.25. The zero-order chi connectivity index (χ0) is 13.1. The zero-order valence-electron chi connectivity index (χ0n) is 10.9. The predicted molar refractivity (Wildman–Crippen MR) is 70.2 cm³/mol. The van der Waals surface area contributed by atoms with Crippen LogP contribution in [0.15, 0.2) is 18.2 Å². The minimum Gasteiger partial charge on any atom is -0.311 e. The van der Waals surface area contributed by atoms with Gasteiger partial charge in [-0.05, 0) is 50.1 Å². The van der Waals surface area contributed by atoms with Gasteiger partial charge in [0.2, 0.25) is 5.91 Å². The summed E-state index contributed by atoms with van der Waals surface area (Å²) >= 11 is 0. The molecule has 1 aromatic carbocycles. The second-order valence-corrected chi connectivity index (χ2v) is 4.67. The Morgan fingerprint density at radius 3 is 2.94 bits per heavy atom. The summed E-state index contributed by atoms with van der Waals surface area (Å²) < 4.78 is 13.1. The summed E-state index contributed by atoms with van der Waals surface area (Å²) in [5.74, 6) is -0.165. The lowest BCUT2D eigenvalue weighted by Gasteiger charge is -2.33. The molecule has 0 aromatic heterocycles. The van der Waals surface area contributed by atoms with E-state index < -0.39 is 0 Å². The Hall–Kier alpha value is -1.42. The van der Waals surface area contributed by atoms with Gasteiger partial charge in [-0.25, -0.2) is 4.39 Å². The average Bonchev–Trinajstić information content (AvgIpc) is 2.33. The number of piperidine rings is 1. The Kier molecular flexibility index (Phi) is 3.97. The SMILES string of the molecule is CCNC1CCCN(c2ccc(F)cc2C)C1=O. The van der Waals surface area contributed by atoms with Gasteiger partial charge in [-0.15, -0.1) is 0 Å². The second kappa shape index (κ2) is 5.48. The third kappa shape index (κ3) is 2.53. The summed E-state index contributed by atoms with van der Waals surface area (Å²) in [4.78, 5) is 14.1. The van der Waals surface area contributed by atoms with Crippen LogP contribution in [-0.2, 0) is 4.79 Å². The van der Waals surface area contributed by atoms with E-state index in [4.69, 9.17) is 0 Å². The monoisotopic (exact) mass is 250 g/mol. The molecule has 1 aromatic rings. The quantitative estimate of drug-likeness (QED) is 0.892. The molecule has 1 aliphatic rings. The van der Waals surface area contributed by atoms with Gasteiger partial charge >= 0.3 is 0 Å². The van der Waals surface area contributed by atoms with Crippen LogP contribution in [-0.4, -0.2) is 25.0 Å². The molecule has 1 fully saturated rings. The number of nitrogens with zero attached hydrogens (tertiary/aromatic N) is 1. The van der Waals surface area contributed by atoms with Crippen molar-refractivity contribution in [3.05, 3.63) is 29.6 Å². The van der Waals surface area contributed by atoms with E-state index in [1.807, 2.05) is 13.8 Å². The van der Waals surface area contributed by atoms with Gasteiger partial charge in [-0.2, -0.15) is 0 Å². The van der Waals surface area contributed by atoms with Gasteiger partial charge in [0, 0.05) is 12.2 Å². The van der Waals surface area contributed by atoms with E-state index in [1.54, 1.807) is 11.0 Å². The molecule has 0 spiro atoms. The van der Waals surface area contributed by atoms with Crippen molar-refractivity contribution >= 4 is 11.6 Å². The third-order valence-corrected chi connectivity index (χ3v) is 3.34. The molecular weight excluding hydrogens is 231 g/mol. The van der Waals surface area contributed by atoms with Crippen LogP contribution < -0.4 is 10.2 Å². The minimum atomic E-state index is -0.260. The Morgan fingerprint density at radius 2 is 2.28 bits per heavy atom. The molecule has 1 N–H and O–H groups in total. The molecule has 1 aliphatic heterocycles. The third-order valence-electron chi connectivity index (χ3n) is 3.34. The Labute approximate surface area is 107 Å². The molecule has 3 nitrogen and oxygen atoms in total. The predicted octanol–water partition coefficient (Wildman–Crippen LogP) is 2.24. The number of benzene rings is 1. The maximum atomic E-state index is 13.1. The number of carbonyl (C=O) groups excluding carboxylic acids is 1. The topological polar surface area (TPSA) is 32.3 Å². The molecule has 0 saturated carbocycles. The van der Waals surface area contributed by atoms with Crippen molar-refractivity contribution in [2.24, 2.45) is 0 Å². The Balaban J connectivity index is 2.24. The minimum absolute atomic E-state index is 0.0952. The number of rotatable bonds is 3. The molecule has 4 heteroatoms. The molecule has 0 bridgehead atoms. The highest BCUT2D eigenvalue weighted by molar-refractivity contribution is 5.98. The lowest BCUT2D eigenvalue weighted by molar-refractivity contribution is -0.121. The molecule has 1 atom stereocenters. The van der Waals surface area contributed by atoms with Crippen molar-refractivity contribution in [1.82, 2.24) is 5.32 Å². The van der Waals surface area contributed by atoms with E-state index in [0.717, 1.165) is 30.6 Å². The number of hydrogen-bond donors (Lipinski definition) is 1. The van der Waals surface area contributed by atoms with Gasteiger partial charge in [-0.3, -0.25) is 4.79 Å². The van der Waals surface area contributed by atoms with Crippen LogP contribution in [0, 0.1) is 12.7 Å². The lowest BCUT2D eigenvalue weighted by Crippen LogP contribution is -2.51. The van der Waals surface area contributed by atoms with Crippen molar-refractivity contribution < 1.29 is 9.18 Å². The number of nitrogens with one attached hydrogen (secondary N) is 1. The van der Waals surface area contributed by atoms with Gasteiger partial charge in [0.05, 0.1) is 6.04 Å². The summed E-state index contributed by atoms with van der Waals surface area (Å²) in [6.45, 7) is 5.33. The molecule has 1 heterocycles. The maximum Gasteiger partial charge on any atom is 0.244 e. The fourth-order valence-electron chi connectivity index (χ4n) is 2.47. The molecule has 98 valence electrons. The molecular formula is C14H19FN2O. The van der Waals surface area contributed by atoms with Gasteiger partial charge in [0.25, 0.3) is 0 Å². The Bertz CT molecular complexity index is 445. The van der Waals surface area contributed by atoms with E-state index in [2.05, 4.69) is 5.32 Å². The van der Waals surface area contributed by atoms with Crippen LogP contribution in [0.2, 0.25) is 0 Å². The smallest absolute Gasteiger partial charge is 0.244 e. The summed E-state index contributed by atoms with van der Waals surface area (Å²) in [5, 5.41) is 3.20. The van der Waals surface area contributed by atoms with Crippen LogP contribution in [0.25, 0.3) is 0 Å². The number of halogens is 1. The maximum absolute atomic E-state index is 13.1. The summed E-state index contributed by atoms with van der Waals surface area (Å²) in [6.07, 6.45) is 1.85. The van der Waals surface area contributed by atoms with Gasteiger partial charge in [0.15, 0.2) is 0 Å². The number of amides is 1. The van der Waals surface area contributed by atoms with Crippen LogP contribution in [0.5, 0.6) is 0 Å². The van der Waals surface area contributed by atoms with E-state index in [0.29, 0.717) is 6.54 Å². The fraction of sp³-hybridized carbons (Fsp3) is 0.500. The van der Waals surface area contributed by atoms with Gasteiger partial charge < -0.3 is 10.2 Å². The van der Waals surface area contributed by atoms with Crippen molar-refractivity contribution in [3.63, 3.8) is 0 Å². The molecule has 1 saturated heterocycles. The van der Waals surface area contributed by atoms with Crippen LogP contribution >= 0.6 is 0 Å². The first-order chi connectivity index (χ1) is 8.63. The molecule has 2 rings (SSSR count). The summed E-state index contributed by atoms with van der Waals surface area (Å²) in [5.41, 5.74) is 1.63. The fourth-order valence-corrected chi connectivity index (χ4v) is 2.47. The second-order valence-electron chi connectivity index (χ2n) is 4.67. The van der Waals surface area contributed by atoms with Gasteiger partial charge in [-0.1, -0.05) is 6.92 Å². The van der Waals surface area contributed by atoms with E-state index in [9.17, 15) is 9.18 Å². The first-order valence-corrected chi connectivity index (χ1v) is 6.44. The summed E-state index contributed by atoms with van der Waals surface area (Å²) in [6, 6.07) is 4.47.